The van der Waals surface area contributed by atoms with Crippen LogP contribution in [0.4, 0.5) is 11.5 Å². The Morgan fingerprint density at radius 3 is 2.83 bits per heavy atom. The third-order valence-electron chi connectivity index (χ3n) is 5.35. The molecule has 1 saturated heterocycles. The number of anilines is 2. The summed E-state index contributed by atoms with van der Waals surface area (Å²) in [5.41, 5.74) is 1.41. The van der Waals surface area contributed by atoms with Gasteiger partial charge in [0.15, 0.2) is 5.65 Å². The number of fused-ring (bicyclic) bond motifs is 2. The summed E-state index contributed by atoms with van der Waals surface area (Å²) in [7, 11) is 0. The molecule has 1 amide bonds. The lowest BCUT2D eigenvalue weighted by atomic mass is 9.95. The molecule has 1 fully saturated rings. The van der Waals surface area contributed by atoms with Gasteiger partial charge in [0.1, 0.15) is 12.1 Å². The molecule has 0 bridgehead atoms. The average molecular weight is 408 g/mol. The molecule has 0 aliphatic carbocycles. The van der Waals surface area contributed by atoms with E-state index in [1.54, 1.807) is 23.2 Å². The molecule has 146 valence electrons. The van der Waals surface area contributed by atoms with Crippen molar-refractivity contribution in [2.45, 2.75) is 12.8 Å². The Bertz CT molecular complexity index is 1200. The molecule has 0 saturated carbocycles. The first kappa shape index (κ1) is 17.8. The largest absolute Gasteiger partial charge is 0.355 e. The van der Waals surface area contributed by atoms with Gasteiger partial charge in [0.25, 0.3) is 0 Å². The van der Waals surface area contributed by atoms with Crippen LogP contribution in [0.5, 0.6) is 0 Å². The molecule has 0 atom stereocenters. The zero-order chi connectivity index (χ0) is 19.8. The molecule has 0 spiro atoms. The first-order valence-electron chi connectivity index (χ1n) is 9.44. The number of piperidine rings is 1. The Morgan fingerprint density at radius 2 is 1.97 bits per heavy atom. The molecular formula is C20H18ClN7O. The van der Waals surface area contributed by atoms with E-state index in [1.165, 1.54) is 0 Å². The van der Waals surface area contributed by atoms with Crippen LogP contribution in [0.1, 0.15) is 12.8 Å². The predicted molar refractivity (Wildman–Crippen MR) is 111 cm³/mol. The third-order valence-corrected chi connectivity index (χ3v) is 5.68. The van der Waals surface area contributed by atoms with E-state index < -0.39 is 0 Å². The van der Waals surface area contributed by atoms with Gasteiger partial charge in [0.05, 0.1) is 16.9 Å². The van der Waals surface area contributed by atoms with Crippen LogP contribution in [0.3, 0.4) is 0 Å². The number of nitrogens with one attached hydrogen (secondary N) is 1. The van der Waals surface area contributed by atoms with Crippen molar-refractivity contribution in [1.82, 2.24) is 24.8 Å². The highest BCUT2D eigenvalue weighted by Gasteiger charge is 2.26. The first-order chi connectivity index (χ1) is 14.2. The molecule has 1 aromatic carbocycles. The maximum absolute atomic E-state index is 12.9. The number of nitrogens with zero attached hydrogens (tertiary/aromatic N) is 6. The standard InChI is InChI=1S/C20H18ClN7O/c21-16-3-1-2-14-15(16)10-22-11-17(14)24-20(29)13-6-8-27(9-7-13)19-5-4-18-25-23-12-28(18)26-19/h1-5,10-13H,6-9H2,(H,24,29). The van der Waals surface area contributed by atoms with E-state index in [1.807, 2.05) is 30.3 Å². The maximum Gasteiger partial charge on any atom is 0.227 e. The lowest BCUT2D eigenvalue weighted by Gasteiger charge is -2.32. The Hall–Kier alpha value is -3.26. The number of hydrogen-bond donors (Lipinski definition) is 1. The van der Waals surface area contributed by atoms with Crippen molar-refractivity contribution in [3.8, 4) is 0 Å². The summed E-state index contributed by atoms with van der Waals surface area (Å²) in [6.07, 6.45) is 6.48. The normalized spacial score (nSPS) is 15.1. The maximum atomic E-state index is 12.9. The summed E-state index contributed by atoms with van der Waals surface area (Å²) in [5.74, 6) is 0.824. The van der Waals surface area contributed by atoms with E-state index in [2.05, 4.69) is 30.5 Å². The monoisotopic (exact) mass is 407 g/mol. The highest BCUT2D eigenvalue weighted by atomic mass is 35.5. The van der Waals surface area contributed by atoms with E-state index in [-0.39, 0.29) is 11.8 Å². The fourth-order valence-electron chi connectivity index (χ4n) is 3.75. The molecule has 1 N–H and O–H groups in total. The summed E-state index contributed by atoms with van der Waals surface area (Å²) in [6, 6.07) is 9.47. The van der Waals surface area contributed by atoms with Gasteiger partial charge in [-0.3, -0.25) is 9.78 Å². The van der Waals surface area contributed by atoms with Crippen molar-refractivity contribution in [3.63, 3.8) is 0 Å². The Kier molecular flexibility index (Phi) is 4.48. The summed E-state index contributed by atoms with van der Waals surface area (Å²) >= 11 is 6.24. The topological polar surface area (TPSA) is 88.3 Å². The zero-order valence-corrected chi connectivity index (χ0v) is 16.3. The molecule has 0 radical (unpaired) electrons. The Morgan fingerprint density at radius 1 is 1.10 bits per heavy atom. The van der Waals surface area contributed by atoms with Crippen LogP contribution in [-0.4, -0.2) is 43.8 Å². The molecular weight excluding hydrogens is 390 g/mol. The number of amides is 1. The third kappa shape index (κ3) is 3.36. The number of pyridine rings is 1. The van der Waals surface area contributed by atoms with Crippen molar-refractivity contribution in [3.05, 3.63) is 54.1 Å². The number of carbonyl (C=O) groups is 1. The van der Waals surface area contributed by atoms with Crippen molar-refractivity contribution < 1.29 is 4.79 Å². The van der Waals surface area contributed by atoms with Gasteiger partial charge in [-0.05, 0) is 31.0 Å². The number of aromatic nitrogens is 5. The lowest BCUT2D eigenvalue weighted by molar-refractivity contribution is -0.120. The predicted octanol–water partition coefficient (Wildman–Crippen LogP) is 3.18. The van der Waals surface area contributed by atoms with Crippen LogP contribution in [0.2, 0.25) is 5.02 Å². The second kappa shape index (κ2) is 7.29. The van der Waals surface area contributed by atoms with Crippen LogP contribution in [0.25, 0.3) is 16.4 Å². The van der Waals surface area contributed by atoms with Crippen LogP contribution in [0, 0.1) is 5.92 Å². The molecule has 4 heterocycles. The van der Waals surface area contributed by atoms with E-state index in [0.29, 0.717) is 16.4 Å². The second-order valence-corrected chi connectivity index (χ2v) is 7.51. The molecule has 9 heteroatoms. The van der Waals surface area contributed by atoms with E-state index in [9.17, 15) is 4.79 Å². The van der Waals surface area contributed by atoms with Gasteiger partial charge in [-0.25, -0.2) is 0 Å². The zero-order valence-electron chi connectivity index (χ0n) is 15.5. The van der Waals surface area contributed by atoms with Gasteiger partial charge in [-0.1, -0.05) is 23.7 Å². The smallest absolute Gasteiger partial charge is 0.227 e. The Balaban J connectivity index is 1.27. The SMILES string of the molecule is O=C(Nc1cncc2c(Cl)cccc12)C1CCN(c2ccc3nncn3n2)CC1. The minimum atomic E-state index is -0.0562. The van der Waals surface area contributed by atoms with Crippen molar-refractivity contribution in [1.29, 1.82) is 0 Å². The fraction of sp³-hybridized carbons (Fsp3) is 0.250. The molecule has 0 unspecified atom stereocenters. The van der Waals surface area contributed by atoms with Crippen LogP contribution < -0.4 is 10.2 Å². The summed E-state index contributed by atoms with van der Waals surface area (Å²) in [4.78, 5) is 19.3. The highest BCUT2D eigenvalue weighted by molar-refractivity contribution is 6.35. The lowest BCUT2D eigenvalue weighted by Crippen LogP contribution is -2.38. The molecule has 1 aliphatic heterocycles. The summed E-state index contributed by atoms with van der Waals surface area (Å²) in [6.45, 7) is 1.52. The highest BCUT2D eigenvalue weighted by Crippen LogP contribution is 2.29. The van der Waals surface area contributed by atoms with Crippen LogP contribution >= 0.6 is 11.6 Å². The van der Waals surface area contributed by atoms with Crippen LogP contribution in [0.15, 0.2) is 49.1 Å². The van der Waals surface area contributed by atoms with Gasteiger partial charge in [-0.15, -0.1) is 15.3 Å². The van der Waals surface area contributed by atoms with Crippen molar-refractivity contribution >= 4 is 45.4 Å². The molecule has 4 aromatic rings. The number of halogens is 1. The van der Waals surface area contributed by atoms with Crippen LogP contribution in [-0.2, 0) is 4.79 Å². The van der Waals surface area contributed by atoms with E-state index in [0.717, 1.165) is 42.5 Å². The van der Waals surface area contributed by atoms with Gasteiger partial charge >= 0.3 is 0 Å². The molecule has 1 aliphatic rings. The summed E-state index contributed by atoms with van der Waals surface area (Å²) in [5, 5.41) is 17.8. The quantitative estimate of drug-likeness (QED) is 0.561. The van der Waals surface area contributed by atoms with Gasteiger partial charge in [0, 0.05) is 36.0 Å². The molecule has 3 aromatic heterocycles. The number of benzene rings is 1. The number of carbonyl (C=O) groups excluding carboxylic acids is 1. The second-order valence-electron chi connectivity index (χ2n) is 7.10. The number of rotatable bonds is 3. The van der Waals surface area contributed by atoms with E-state index >= 15 is 0 Å². The average Bonchev–Trinajstić information content (AvgIpc) is 3.22. The van der Waals surface area contributed by atoms with E-state index in [4.69, 9.17) is 11.6 Å². The fourth-order valence-corrected chi connectivity index (χ4v) is 3.97. The van der Waals surface area contributed by atoms with Gasteiger partial charge < -0.3 is 10.2 Å². The van der Waals surface area contributed by atoms with Gasteiger partial charge in [-0.2, -0.15) is 4.52 Å². The van der Waals surface area contributed by atoms with Crippen molar-refractivity contribution in [2.75, 3.05) is 23.3 Å². The summed E-state index contributed by atoms with van der Waals surface area (Å²) < 4.78 is 1.66. The molecule has 8 nitrogen and oxygen atoms in total. The number of hydrogen-bond acceptors (Lipinski definition) is 6. The van der Waals surface area contributed by atoms with Gasteiger partial charge in [0.2, 0.25) is 5.91 Å². The molecule has 29 heavy (non-hydrogen) atoms. The first-order valence-corrected chi connectivity index (χ1v) is 9.82. The minimum Gasteiger partial charge on any atom is -0.355 e. The molecule has 5 rings (SSSR count). The Labute approximate surface area is 171 Å². The van der Waals surface area contributed by atoms with Crippen molar-refractivity contribution in [2.24, 2.45) is 5.92 Å². The minimum absolute atomic E-state index is 0.0150.